The van der Waals surface area contributed by atoms with Gasteiger partial charge in [-0.05, 0) is 32.1 Å². The Morgan fingerprint density at radius 1 is 1.24 bits per heavy atom. The van der Waals surface area contributed by atoms with Crippen LogP contribution in [0.3, 0.4) is 0 Å². The highest BCUT2D eigenvalue weighted by Gasteiger charge is 2.56. The lowest BCUT2D eigenvalue weighted by molar-refractivity contribution is -0.157. The maximum atomic E-state index is 12.2. The third-order valence-corrected chi connectivity index (χ3v) is 5.72. The first kappa shape index (κ1) is 22.2. The molecule has 2 saturated carbocycles. The van der Waals surface area contributed by atoms with Crippen LogP contribution in [0.2, 0.25) is 0 Å². The topological polar surface area (TPSA) is 93.5 Å². The Morgan fingerprint density at radius 3 is 2.44 bits per heavy atom. The number of nitrogens with one attached hydrogen (secondary N) is 2. The summed E-state index contributed by atoms with van der Waals surface area (Å²) in [6.45, 7) is 6.51. The van der Waals surface area contributed by atoms with Gasteiger partial charge in [-0.25, -0.2) is 0 Å². The van der Waals surface area contributed by atoms with E-state index >= 15 is 0 Å². The van der Waals surface area contributed by atoms with Gasteiger partial charge < -0.3 is 21.1 Å². The van der Waals surface area contributed by atoms with Crippen LogP contribution in [-0.4, -0.2) is 43.2 Å². The standard InChI is InChI=1S/C18H33N3O3.ClH/c1-4-24-14-10-13(18(14)8-6-5-7-9-18)21-15(22)11-20-17(23)16(19)12(2)3;/h12-14,16H,4-11,19H2,1-3H3,(H,20,23)(H,21,22);1H/t13?,14?,16-;/m0./s1. The number of carbonyl (C=O) groups is 2. The summed E-state index contributed by atoms with van der Waals surface area (Å²) in [4.78, 5) is 24.1. The summed E-state index contributed by atoms with van der Waals surface area (Å²) in [5.74, 6) is -0.352. The van der Waals surface area contributed by atoms with Crippen molar-refractivity contribution in [1.82, 2.24) is 10.6 Å². The van der Waals surface area contributed by atoms with Crippen LogP contribution in [0.15, 0.2) is 0 Å². The molecule has 1 spiro atoms. The molecule has 0 aromatic carbocycles. The molecule has 0 aromatic heterocycles. The van der Waals surface area contributed by atoms with E-state index in [0.717, 1.165) is 25.9 Å². The van der Waals surface area contributed by atoms with E-state index in [-0.39, 0.29) is 54.2 Å². The molecule has 0 bridgehead atoms. The van der Waals surface area contributed by atoms with E-state index in [1.807, 2.05) is 20.8 Å². The molecule has 7 heteroatoms. The van der Waals surface area contributed by atoms with Crippen LogP contribution in [-0.2, 0) is 14.3 Å². The molecule has 2 aliphatic rings. The molecule has 0 saturated heterocycles. The van der Waals surface area contributed by atoms with Crippen LogP contribution >= 0.6 is 12.4 Å². The minimum Gasteiger partial charge on any atom is -0.378 e. The minimum atomic E-state index is -0.575. The van der Waals surface area contributed by atoms with Gasteiger partial charge in [-0.1, -0.05) is 33.1 Å². The molecule has 0 heterocycles. The van der Waals surface area contributed by atoms with Crippen LogP contribution in [0.4, 0.5) is 0 Å². The Bertz CT molecular complexity index is 453. The van der Waals surface area contributed by atoms with Crippen molar-refractivity contribution in [2.45, 2.75) is 77.5 Å². The Balaban J connectivity index is 0.00000312. The van der Waals surface area contributed by atoms with Gasteiger partial charge in [0.15, 0.2) is 0 Å². The zero-order chi connectivity index (χ0) is 17.7. The van der Waals surface area contributed by atoms with Crippen molar-refractivity contribution in [2.75, 3.05) is 13.2 Å². The Morgan fingerprint density at radius 2 is 1.88 bits per heavy atom. The molecule has 3 atom stereocenters. The molecule has 6 nitrogen and oxygen atoms in total. The van der Waals surface area contributed by atoms with Gasteiger partial charge in [-0.15, -0.1) is 12.4 Å². The first-order valence-electron chi connectivity index (χ1n) is 9.35. The van der Waals surface area contributed by atoms with Crippen LogP contribution in [0.25, 0.3) is 0 Å². The number of rotatable bonds is 7. The quantitative estimate of drug-likeness (QED) is 0.632. The van der Waals surface area contributed by atoms with Gasteiger partial charge in [-0.2, -0.15) is 0 Å². The smallest absolute Gasteiger partial charge is 0.239 e. The fourth-order valence-corrected chi connectivity index (χ4v) is 4.10. The monoisotopic (exact) mass is 375 g/mol. The molecule has 0 radical (unpaired) electrons. The molecule has 2 aliphatic carbocycles. The van der Waals surface area contributed by atoms with Crippen LogP contribution < -0.4 is 16.4 Å². The highest BCUT2D eigenvalue weighted by molar-refractivity contribution is 5.87. The van der Waals surface area contributed by atoms with Crippen molar-refractivity contribution in [3.05, 3.63) is 0 Å². The van der Waals surface area contributed by atoms with Gasteiger partial charge >= 0.3 is 0 Å². The first-order valence-corrected chi connectivity index (χ1v) is 9.35. The molecule has 2 fully saturated rings. The van der Waals surface area contributed by atoms with Crippen molar-refractivity contribution >= 4 is 24.2 Å². The predicted molar refractivity (Wildman–Crippen MR) is 101 cm³/mol. The normalized spacial score (nSPS) is 25.6. The highest BCUT2D eigenvalue weighted by Crippen LogP contribution is 2.53. The molecule has 0 aliphatic heterocycles. The lowest BCUT2D eigenvalue weighted by Crippen LogP contribution is -2.66. The SMILES string of the molecule is CCOC1CC(NC(=O)CNC(=O)[C@@H](N)C(C)C)C12CCCCC2.Cl. The van der Waals surface area contributed by atoms with Crippen LogP contribution in [0.1, 0.15) is 59.3 Å². The first-order chi connectivity index (χ1) is 11.4. The second-order valence-corrected chi connectivity index (χ2v) is 7.58. The van der Waals surface area contributed by atoms with Crippen molar-refractivity contribution in [1.29, 1.82) is 0 Å². The number of nitrogens with two attached hydrogens (primary N) is 1. The van der Waals surface area contributed by atoms with E-state index in [1.54, 1.807) is 0 Å². The van der Waals surface area contributed by atoms with Crippen molar-refractivity contribution in [3.8, 4) is 0 Å². The highest BCUT2D eigenvalue weighted by atomic mass is 35.5. The van der Waals surface area contributed by atoms with E-state index in [9.17, 15) is 9.59 Å². The second kappa shape index (κ2) is 9.74. The Hall–Kier alpha value is -0.850. The summed E-state index contributed by atoms with van der Waals surface area (Å²) in [5, 5.41) is 5.75. The average Bonchev–Trinajstić information content (AvgIpc) is 2.58. The molecule has 2 amide bonds. The minimum absolute atomic E-state index is 0. The van der Waals surface area contributed by atoms with Gasteiger partial charge in [0.2, 0.25) is 11.8 Å². The molecule has 2 rings (SSSR count). The largest absolute Gasteiger partial charge is 0.378 e. The van der Waals surface area contributed by atoms with Gasteiger partial charge in [0.1, 0.15) is 0 Å². The summed E-state index contributed by atoms with van der Waals surface area (Å²) >= 11 is 0. The molecule has 146 valence electrons. The summed E-state index contributed by atoms with van der Waals surface area (Å²) in [6.07, 6.45) is 7.05. The maximum Gasteiger partial charge on any atom is 0.239 e. The zero-order valence-corrected chi connectivity index (χ0v) is 16.5. The number of hydrogen-bond acceptors (Lipinski definition) is 4. The molecule has 2 unspecified atom stereocenters. The Kier molecular flexibility index (Phi) is 8.64. The average molecular weight is 376 g/mol. The van der Waals surface area contributed by atoms with Crippen molar-refractivity contribution < 1.29 is 14.3 Å². The van der Waals surface area contributed by atoms with Gasteiger partial charge in [0, 0.05) is 18.1 Å². The van der Waals surface area contributed by atoms with E-state index < -0.39 is 6.04 Å². The molecular formula is C18H34ClN3O3. The lowest BCUT2D eigenvalue weighted by Gasteiger charge is -2.57. The summed E-state index contributed by atoms with van der Waals surface area (Å²) in [7, 11) is 0. The third-order valence-electron chi connectivity index (χ3n) is 5.72. The van der Waals surface area contributed by atoms with Gasteiger partial charge in [0.25, 0.3) is 0 Å². The lowest BCUT2D eigenvalue weighted by atomic mass is 9.55. The molecule has 25 heavy (non-hydrogen) atoms. The maximum absolute atomic E-state index is 12.2. The number of ether oxygens (including phenoxy) is 1. The fourth-order valence-electron chi connectivity index (χ4n) is 4.10. The van der Waals surface area contributed by atoms with Gasteiger partial charge in [0.05, 0.1) is 18.7 Å². The molecule has 0 aromatic rings. The fraction of sp³-hybridized carbons (Fsp3) is 0.889. The van der Waals surface area contributed by atoms with Crippen LogP contribution in [0.5, 0.6) is 0 Å². The summed E-state index contributed by atoms with van der Waals surface area (Å²) in [6, 6.07) is -0.411. The van der Waals surface area contributed by atoms with E-state index in [4.69, 9.17) is 10.5 Å². The van der Waals surface area contributed by atoms with E-state index in [1.165, 1.54) is 19.3 Å². The molecular weight excluding hydrogens is 342 g/mol. The predicted octanol–water partition coefficient (Wildman–Crippen LogP) is 1.75. The second-order valence-electron chi connectivity index (χ2n) is 7.58. The van der Waals surface area contributed by atoms with Crippen LogP contribution in [0, 0.1) is 11.3 Å². The summed E-state index contributed by atoms with van der Waals surface area (Å²) in [5.41, 5.74) is 5.89. The zero-order valence-electron chi connectivity index (χ0n) is 15.7. The van der Waals surface area contributed by atoms with E-state index in [2.05, 4.69) is 10.6 Å². The van der Waals surface area contributed by atoms with Gasteiger partial charge in [-0.3, -0.25) is 9.59 Å². The van der Waals surface area contributed by atoms with Crippen molar-refractivity contribution in [2.24, 2.45) is 17.1 Å². The number of amides is 2. The van der Waals surface area contributed by atoms with E-state index in [0.29, 0.717) is 0 Å². The number of carbonyl (C=O) groups excluding carboxylic acids is 2. The molecule has 4 N–H and O–H groups in total. The number of hydrogen-bond donors (Lipinski definition) is 3. The van der Waals surface area contributed by atoms with Crippen molar-refractivity contribution in [3.63, 3.8) is 0 Å². The third kappa shape index (κ3) is 5.08. The summed E-state index contributed by atoms with van der Waals surface area (Å²) < 4.78 is 5.90. The number of halogens is 1. The Labute approximate surface area is 157 Å².